The van der Waals surface area contributed by atoms with E-state index in [9.17, 15) is 4.79 Å². The molecule has 1 heterocycles. The van der Waals surface area contributed by atoms with Crippen molar-refractivity contribution in [1.29, 1.82) is 0 Å². The van der Waals surface area contributed by atoms with Gasteiger partial charge >= 0.3 is 0 Å². The summed E-state index contributed by atoms with van der Waals surface area (Å²) in [5, 5.41) is 6.67. The second-order valence-electron chi connectivity index (χ2n) is 3.05. The van der Waals surface area contributed by atoms with Crippen molar-refractivity contribution in [2.24, 2.45) is 12.8 Å². The maximum absolute atomic E-state index is 11.2. The van der Waals surface area contributed by atoms with Crippen molar-refractivity contribution in [1.82, 2.24) is 9.78 Å². The lowest BCUT2D eigenvalue weighted by Gasteiger charge is -2.06. The van der Waals surface area contributed by atoms with Crippen LogP contribution >= 0.6 is 0 Å². The van der Waals surface area contributed by atoms with Crippen molar-refractivity contribution < 1.29 is 4.79 Å². The number of nitrogens with one attached hydrogen (secondary N) is 1. The summed E-state index contributed by atoms with van der Waals surface area (Å²) in [4.78, 5) is 11.2. The first kappa shape index (κ1) is 9.73. The Hall–Kier alpha value is -1.36. The van der Waals surface area contributed by atoms with E-state index >= 15 is 0 Å². The number of hydrogen-bond donors (Lipinski definition) is 2. The molecule has 5 nitrogen and oxygen atoms in total. The fourth-order valence-corrected chi connectivity index (χ4v) is 0.868. The van der Waals surface area contributed by atoms with E-state index in [0.717, 1.165) is 5.69 Å². The molecule has 0 spiro atoms. The lowest BCUT2D eigenvalue weighted by Crippen LogP contribution is -2.32. The molecule has 0 aliphatic rings. The minimum atomic E-state index is -0.500. The minimum Gasteiger partial charge on any atom is -0.322 e. The molecule has 0 fully saturated rings. The van der Waals surface area contributed by atoms with Gasteiger partial charge in [-0.25, -0.2) is 0 Å². The first-order valence-corrected chi connectivity index (χ1v) is 4.07. The number of amides is 1. The van der Waals surface area contributed by atoms with Crippen LogP contribution in [0.3, 0.4) is 0 Å². The van der Waals surface area contributed by atoms with Gasteiger partial charge in [0.25, 0.3) is 0 Å². The van der Waals surface area contributed by atoms with Gasteiger partial charge in [0.15, 0.2) is 0 Å². The number of aryl methyl sites for hydroxylation is 1. The lowest BCUT2D eigenvalue weighted by atomic mass is 10.3. The van der Waals surface area contributed by atoms with Crippen LogP contribution in [0, 0.1) is 6.92 Å². The summed E-state index contributed by atoms with van der Waals surface area (Å²) in [6.07, 6.45) is 1.61. The van der Waals surface area contributed by atoms with Crippen molar-refractivity contribution in [3.05, 3.63) is 11.9 Å². The molecule has 0 aliphatic carbocycles. The second kappa shape index (κ2) is 3.57. The third kappa shape index (κ3) is 2.06. The minimum absolute atomic E-state index is 0.198. The molecule has 0 radical (unpaired) electrons. The molecule has 0 aliphatic heterocycles. The predicted octanol–water partition coefficient (Wildman–Crippen LogP) is 0.0142. The molecule has 13 heavy (non-hydrogen) atoms. The number of rotatable bonds is 2. The number of nitrogens with two attached hydrogens (primary N) is 1. The van der Waals surface area contributed by atoms with Crippen molar-refractivity contribution >= 4 is 11.6 Å². The maximum Gasteiger partial charge on any atom is 0.241 e. The van der Waals surface area contributed by atoms with Crippen molar-refractivity contribution in [3.8, 4) is 0 Å². The fraction of sp³-hybridized carbons (Fsp3) is 0.500. The van der Waals surface area contributed by atoms with Crippen LogP contribution in [-0.2, 0) is 11.8 Å². The Kier molecular flexibility index (Phi) is 2.67. The average Bonchev–Trinajstić information content (AvgIpc) is 2.36. The standard InChI is InChI=1S/C8H14N4O/c1-5(9)8(13)11-7-4-10-12(3)6(7)2/h4-5H,9H2,1-3H3,(H,11,13)/t5-/m0/s1. The Morgan fingerprint density at radius 3 is 2.77 bits per heavy atom. The van der Waals surface area contributed by atoms with E-state index < -0.39 is 6.04 Å². The number of nitrogens with zero attached hydrogens (tertiary/aromatic N) is 2. The molecule has 3 N–H and O–H groups in total. The van der Waals surface area contributed by atoms with Crippen molar-refractivity contribution in [2.45, 2.75) is 19.9 Å². The Morgan fingerprint density at radius 1 is 1.77 bits per heavy atom. The van der Waals surface area contributed by atoms with E-state index in [1.54, 1.807) is 17.8 Å². The molecular weight excluding hydrogens is 168 g/mol. The molecular formula is C8H14N4O. The highest BCUT2D eigenvalue weighted by Gasteiger charge is 2.10. The summed E-state index contributed by atoms with van der Waals surface area (Å²) in [5.74, 6) is -0.198. The van der Waals surface area contributed by atoms with E-state index in [0.29, 0.717) is 5.69 Å². The highest BCUT2D eigenvalue weighted by atomic mass is 16.2. The fourth-order valence-electron chi connectivity index (χ4n) is 0.868. The zero-order chi connectivity index (χ0) is 10.0. The summed E-state index contributed by atoms with van der Waals surface area (Å²) in [6, 6.07) is -0.500. The molecule has 72 valence electrons. The monoisotopic (exact) mass is 182 g/mol. The van der Waals surface area contributed by atoms with Gasteiger partial charge in [0.2, 0.25) is 5.91 Å². The van der Waals surface area contributed by atoms with Crippen LogP contribution in [-0.4, -0.2) is 21.7 Å². The SMILES string of the molecule is Cc1c(NC(=O)[C@H](C)N)cnn1C. The quantitative estimate of drug-likeness (QED) is 0.677. The summed E-state index contributed by atoms with van der Waals surface area (Å²) in [7, 11) is 1.82. The highest BCUT2D eigenvalue weighted by Crippen LogP contribution is 2.11. The van der Waals surface area contributed by atoms with Gasteiger partial charge < -0.3 is 11.1 Å². The normalized spacial score (nSPS) is 12.6. The third-order valence-corrected chi connectivity index (χ3v) is 1.91. The first-order chi connectivity index (χ1) is 6.02. The summed E-state index contributed by atoms with van der Waals surface area (Å²) < 4.78 is 1.69. The van der Waals surface area contributed by atoms with Gasteiger partial charge in [0.1, 0.15) is 0 Å². The lowest BCUT2D eigenvalue weighted by molar-refractivity contribution is -0.117. The Morgan fingerprint density at radius 2 is 2.38 bits per heavy atom. The molecule has 1 aromatic heterocycles. The van der Waals surface area contributed by atoms with E-state index in [1.807, 2.05) is 14.0 Å². The largest absolute Gasteiger partial charge is 0.322 e. The van der Waals surface area contributed by atoms with Gasteiger partial charge in [0, 0.05) is 7.05 Å². The van der Waals surface area contributed by atoms with Crippen LogP contribution in [0.15, 0.2) is 6.20 Å². The van der Waals surface area contributed by atoms with Gasteiger partial charge in [-0.1, -0.05) is 0 Å². The zero-order valence-corrected chi connectivity index (χ0v) is 8.03. The molecule has 0 bridgehead atoms. The van der Waals surface area contributed by atoms with Crippen molar-refractivity contribution in [2.75, 3.05) is 5.32 Å². The van der Waals surface area contributed by atoms with Crippen LogP contribution in [0.4, 0.5) is 5.69 Å². The predicted molar refractivity (Wildman–Crippen MR) is 50.2 cm³/mol. The number of anilines is 1. The van der Waals surface area contributed by atoms with Gasteiger partial charge in [0.05, 0.1) is 23.6 Å². The number of carbonyl (C=O) groups excluding carboxylic acids is 1. The first-order valence-electron chi connectivity index (χ1n) is 4.07. The van der Waals surface area contributed by atoms with E-state index in [4.69, 9.17) is 5.73 Å². The second-order valence-corrected chi connectivity index (χ2v) is 3.05. The van der Waals surface area contributed by atoms with Crippen LogP contribution in [0.25, 0.3) is 0 Å². The summed E-state index contributed by atoms with van der Waals surface area (Å²) >= 11 is 0. The van der Waals surface area contributed by atoms with Gasteiger partial charge in [-0.15, -0.1) is 0 Å². The molecule has 0 aromatic carbocycles. The molecule has 1 aromatic rings. The molecule has 1 atom stereocenters. The van der Waals surface area contributed by atoms with E-state index in [-0.39, 0.29) is 5.91 Å². The zero-order valence-electron chi connectivity index (χ0n) is 8.03. The number of aromatic nitrogens is 2. The highest BCUT2D eigenvalue weighted by molar-refractivity contribution is 5.94. The Bertz CT molecular complexity index is 316. The van der Waals surface area contributed by atoms with Gasteiger partial charge in [-0.2, -0.15) is 5.10 Å². The smallest absolute Gasteiger partial charge is 0.241 e. The molecule has 1 amide bonds. The number of carbonyl (C=O) groups is 1. The van der Waals surface area contributed by atoms with Crippen LogP contribution in [0.2, 0.25) is 0 Å². The van der Waals surface area contributed by atoms with Gasteiger partial charge in [-0.05, 0) is 13.8 Å². The summed E-state index contributed by atoms with van der Waals surface area (Å²) in [5.41, 5.74) is 7.03. The third-order valence-electron chi connectivity index (χ3n) is 1.91. The van der Waals surface area contributed by atoms with Gasteiger partial charge in [-0.3, -0.25) is 9.48 Å². The maximum atomic E-state index is 11.2. The molecule has 5 heteroatoms. The topological polar surface area (TPSA) is 72.9 Å². The molecule has 0 saturated heterocycles. The van der Waals surface area contributed by atoms with E-state index in [1.165, 1.54) is 0 Å². The molecule has 0 saturated carbocycles. The summed E-state index contributed by atoms with van der Waals surface area (Å²) in [6.45, 7) is 3.52. The van der Waals surface area contributed by atoms with E-state index in [2.05, 4.69) is 10.4 Å². The number of hydrogen-bond acceptors (Lipinski definition) is 3. The van der Waals surface area contributed by atoms with Crippen molar-refractivity contribution in [3.63, 3.8) is 0 Å². The molecule has 0 unspecified atom stereocenters. The average molecular weight is 182 g/mol. The van der Waals surface area contributed by atoms with Crippen LogP contribution in [0.5, 0.6) is 0 Å². The Labute approximate surface area is 76.9 Å². The van der Waals surface area contributed by atoms with Crippen LogP contribution < -0.4 is 11.1 Å². The Balaban J connectivity index is 2.75. The molecule has 1 rings (SSSR count). The van der Waals surface area contributed by atoms with Crippen LogP contribution in [0.1, 0.15) is 12.6 Å².